The van der Waals surface area contributed by atoms with Crippen molar-refractivity contribution in [2.45, 2.75) is 26.3 Å². The van der Waals surface area contributed by atoms with E-state index in [0.717, 1.165) is 0 Å². The fraction of sp³-hybridized carbons (Fsp3) is 0.875. The van der Waals surface area contributed by atoms with Crippen LogP contribution in [0.4, 0.5) is 0 Å². The monoisotopic (exact) mass is 156 g/mol. The summed E-state index contributed by atoms with van der Waals surface area (Å²) in [6, 6.07) is 2.19. The Morgan fingerprint density at radius 2 is 2.18 bits per heavy atom. The zero-order valence-electron chi connectivity index (χ0n) is 7.39. The number of rotatable bonds is 4. The lowest BCUT2D eigenvalue weighted by Crippen LogP contribution is -2.46. The summed E-state index contributed by atoms with van der Waals surface area (Å²) in [5.74, 6) is 0.249. The van der Waals surface area contributed by atoms with E-state index in [0.29, 0.717) is 6.54 Å². The standard InChI is InChI=1S/C8H16N2O/c1-7(2)8(3,6-9)10-4-5-11/h7,10-11H,4-5H2,1-3H3. The molecule has 3 nitrogen and oxygen atoms in total. The van der Waals surface area contributed by atoms with Gasteiger partial charge in [-0.1, -0.05) is 13.8 Å². The van der Waals surface area contributed by atoms with Gasteiger partial charge >= 0.3 is 0 Å². The predicted octanol–water partition coefficient (Wildman–Crippen LogP) is 0.507. The molecule has 0 fully saturated rings. The van der Waals surface area contributed by atoms with Crippen molar-refractivity contribution in [2.75, 3.05) is 13.2 Å². The number of nitrogens with one attached hydrogen (secondary N) is 1. The molecule has 0 rings (SSSR count). The van der Waals surface area contributed by atoms with Gasteiger partial charge in [0.1, 0.15) is 5.54 Å². The lowest BCUT2D eigenvalue weighted by Gasteiger charge is -2.26. The Hall–Kier alpha value is -0.590. The number of aliphatic hydroxyl groups excluding tert-OH is 1. The highest BCUT2D eigenvalue weighted by Gasteiger charge is 2.26. The molecule has 2 N–H and O–H groups in total. The van der Waals surface area contributed by atoms with E-state index in [1.165, 1.54) is 0 Å². The van der Waals surface area contributed by atoms with Crippen LogP contribution in [0.5, 0.6) is 0 Å². The van der Waals surface area contributed by atoms with Crippen molar-refractivity contribution >= 4 is 0 Å². The topological polar surface area (TPSA) is 56.0 Å². The number of β-amino-alcohol motifs (C(OH)–C–C–N with tert-alkyl or cyclic N) is 1. The second-order valence-electron chi connectivity index (χ2n) is 3.12. The summed E-state index contributed by atoms with van der Waals surface area (Å²) >= 11 is 0. The molecule has 0 aliphatic carbocycles. The van der Waals surface area contributed by atoms with Crippen LogP contribution >= 0.6 is 0 Å². The quantitative estimate of drug-likeness (QED) is 0.623. The van der Waals surface area contributed by atoms with Crippen LogP contribution in [0.2, 0.25) is 0 Å². The van der Waals surface area contributed by atoms with Crippen molar-refractivity contribution in [1.29, 1.82) is 5.26 Å². The molecule has 0 saturated carbocycles. The minimum atomic E-state index is -0.511. The van der Waals surface area contributed by atoms with Crippen molar-refractivity contribution < 1.29 is 5.11 Å². The van der Waals surface area contributed by atoms with E-state index in [9.17, 15) is 0 Å². The van der Waals surface area contributed by atoms with E-state index in [4.69, 9.17) is 10.4 Å². The highest BCUT2D eigenvalue weighted by Crippen LogP contribution is 2.14. The minimum Gasteiger partial charge on any atom is -0.395 e. The van der Waals surface area contributed by atoms with Gasteiger partial charge in [-0.15, -0.1) is 0 Å². The third-order valence-corrected chi connectivity index (χ3v) is 1.99. The number of nitrogens with zero attached hydrogens (tertiary/aromatic N) is 1. The van der Waals surface area contributed by atoms with Crippen LogP contribution in [-0.4, -0.2) is 23.8 Å². The van der Waals surface area contributed by atoms with E-state index in [2.05, 4.69) is 11.4 Å². The Morgan fingerprint density at radius 1 is 1.64 bits per heavy atom. The Balaban J connectivity index is 4.03. The molecule has 0 aromatic heterocycles. The highest BCUT2D eigenvalue weighted by molar-refractivity contribution is 5.05. The largest absolute Gasteiger partial charge is 0.395 e. The van der Waals surface area contributed by atoms with Gasteiger partial charge < -0.3 is 5.11 Å². The van der Waals surface area contributed by atoms with E-state index in [1.807, 2.05) is 20.8 Å². The molecule has 0 aromatic carbocycles. The Kier molecular flexibility index (Phi) is 4.09. The second-order valence-corrected chi connectivity index (χ2v) is 3.12. The van der Waals surface area contributed by atoms with Gasteiger partial charge in [0.15, 0.2) is 0 Å². The van der Waals surface area contributed by atoms with Gasteiger partial charge in [0.2, 0.25) is 0 Å². The first-order valence-corrected chi connectivity index (χ1v) is 3.84. The molecule has 64 valence electrons. The molecule has 0 aliphatic heterocycles. The second kappa shape index (κ2) is 4.32. The van der Waals surface area contributed by atoms with Crippen LogP contribution in [0.1, 0.15) is 20.8 Å². The molecule has 0 heterocycles. The first-order valence-electron chi connectivity index (χ1n) is 3.84. The molecule has 1 unspecified atom stereocenters. The minimum absolute atomic E-state index is 0.0734. The lowest BCUT2D eigenvalue weighted by atomic mass is 9.90. The lowest BCUT2D eigenvalue weighted by molar-refractivity contribution is 0.256. The molecule has 0 radical (unpaired) electrons. The van der Waals surface area contributed by atoms with E-state index < -0.39 is 5.54 Å². The van der Waals surface area contributed by atoms with Gasteiger partial charge in [0, 0.05) is 6.54 Å². The van der Waals surface area contributed by atoms with Crippen LogP contribution in [0.3, 0.4) is 0 Å². The first kappa shape index (κ1) is 10.4. The molecular weight excluding hydrogens is 140 g/mol. The average Bonchev–Trinajstić information content (AvgIpc) is 2.00. The molecule has 0 spiro atoms. The van der Waals surface area contributed by atoms with Gasteiger partial charge in [-0.25, -0.2) is 0 Å². The summed E-state index contributed by atoms with van der Waals surface area (Å²) < 4.78 is 0. The van der Waals surface area contributed by atoms with Crippen LogP contribution in [0, 0.1) is 17.2 Å². The van der Waals surface area contributed by atoms with Crippen LogP contribution in [0.15, 0.2) is 0 Å². The smallest absolute Gasteiger partial charge is 0.106 e. The maximum Gasteiger partial charge on any atom is 0.106 e. The number of aliphatic hydroxyl groups is 1. The van der Waals surface area contributed by atoms with Crippen molar-refractivity contribution in [1.82, 2.24) is 5.32 Å². The Labute approximate surface area is 68.0 Å². The fourth-order valence-electron chi connectivity index (χ4n) is 0.688. The fourth-order valence-corrected chi connectivity index (χ4v) is 0.688. The zero-order chi connectivity index (χ0) is 8.91. The predicted molar refractivity (Wildman–Crippen MR) is 43.9 cm³/mol. The molecule has 0 saturated heterocycles. The van der Waals surface area contributed by atoms with Crippen LogP contribution in [0.25, 0.3) is 0 Å². The van der Waals surface area contributed by atoms with Gasteiger partial charge in [-0.05, 0) is 12.8 Å². The van der Waals surface area contributed by atoms with Gasteiger partial charge in [-0.2, -0.15) is 5.26 Å². The summed E-state index contributed by atoms with van der Waals surface area (Å²) in [6.07, 6.45) is 0. The average molecular weight is 156 g/mol. The van der Waals surface area contributed by atoms with Gasteiger partial charge in [-0.3, -0.25) is 5.32 Å². The third-order valence-electron chi connectivity index (χ3n) is 1.99. The van der Waals surface area contributed by atoms with Crippen LogP contribution < -0.4 is 5.32 Å². The van der Waals surface area contributed by atoms with Gasteiger partial charge in [0.05, 0.1) is 12.7 Å². The molecular formula is C8H16N2O. The summed E-state index contributed by atoms with van der Waals surface area (Å²) in [7, 11) is 0. The summed E-state index contributed by atoms with van der Waals surface area (Å²) in [6.45, 7) is 6.35. The first-order chi connectivity index (χ1) is 5.06. The number of hydrogen-bond acceptors (Lipinski definition) is 3. The van der Waals surface area contributed by atoms with Crippen LogP contribution in [-0.2, 0) is 0 Å². The number of hydrogen-bond donors (Lipinski definition) is 2. The molecule has 3 heteroatoms. The van der Waals surface area contributed by atoms with Crippen molar-refractivity contribution in [3.8, 4) is 6.07 Å². The maximum atomic E-state index is 8.79. The van der Waals surface area contributed by atoms with Crippen molar-refractivity contribution in [2.24, 2.45) is 5.92 Å². The van der Waals surface area contributed by atoms with Crippen molar-refractivity contribution in [3.63, 3.8) is 0 Å². The van der Waals surface area contributed by atoms with E-state index in [-0.39, 0.29) is 12.5 Å². The molecule has 11 heavy (non-hydrogen) atoms. The maximum absolute atomic E-state index is 8.79. The Morgan fingerprint density at radius 3 is 2.45 bits per heavy atom. The number of nitriles is 1. The summed E-state index contributed by atoms with van der Waals surface area (Å²) in [5.41, 5.74) is -0.511. The summed E-state index contributed by atoms with van der Waals surface area (Å²) in [5, 5.41) is 20.3. The highest BCUT2D eigenvalue weighted by atomic mass is 16.3. The molecule has 0 aliphatic rings. The van der Waals surface area contributed by atoms with Crippen molar-refractivity contribution in [3.05, 3.63) is 0 Å². The SMILES string of the molecule is CC(C)C(C)(C#N)NCCO. The molecule has 0 aromatic rings. The normalized spacial score (nSPS) is 16.0. The third kappa shape index (κ3) is 2.87. The van der Waals surface area contributed by atoms with E-state index in [1.54, 1.807) is 0 Å². The Bertz CT molecular complexity index is 151. The molecule has 0 bridgehead atoms. The molecule has 1 atom stereocenters. The molecule has 0 amide bonds. The summed E-state index contributed by atoms with van der Waals surface area (Å²) in [4.78, 5) is 0. The zero-order valence-corrected chi connectivity index (χ0v) is 7.39. The van der Waals surface area contributed by atoms with Gasteiger partial charge in [0.25, 0.3) is 0 Å². The van der Waals surface area contributed by atoms with E-state index >= 15 is 0 Å².